The second-order valence-corrected chi connectivity index (χ2v) is 4.17. The summed E-state index contributed by atoms with van der Waals surface area (Å²) in [4.78, 5) is 0. The van der Waals surface area contributed by atoms with E-state index < -0.39 is 0 Å². The Balaban J connectivity index is 1.84. The van der Waals surface area contributed by atoms with E-state index in [2.05, 4.69) is 0 Å². The van der Waals surface area contributed by atoms with Gasteiger partial charge in [-0.3, -0.25) is 0 Å². The molecule has 2 rings (SSSR count). The molecule has 1 saturated carbocycles. The van der Waals surface area contributed by atoms with Gasteiger partial charge in [-0.15, -0.1) is 0 Å². The van der Waals surface area contributed by atoms with Gasteiger partial charge in [-0.05, 0) is 49.3 Å². The first kappa shape index (κ1) is 9.66. The molecule has 0 radical (unpaired) electrons. The van der Waals surface area contributed by atoms with E-state index in [0.29, 0.717) is 6.04 Å². The van der Waals surface area contributed by atoms with Gasteiger partial charge in [-0.25, -0.2) is 4.39 Å². The molecule has 1 fully saturated rings. The predicted octanol–water partition coefficient (Wildman–Crippen LogP) is 2.50. The molecule has 0 saturated heterocycles. The molecule has 14 heavy (non-hydrogen) atoms. The molecule has 76 valence electrons. The highest BCUT2D eigenvalue weighted by Crippen LogP contribution is 2.33. The highest BCUT2D eigenvalue weighted by atomic mass is 19.1. The molecule has 1 unspecified atom stereocenters. The minimum Gasteiger partial charge on any atom is -0.327 e. The molecular weight excluding hydrogens is 177 g/mol. The Hall–Kier alpha value is -0.890. The summed E-state index contributed by atoms with van der Waals surface area (Å²) < 4.78 is 12.8. The molecule has 2 N–H and O–H groups in total. The van der Waals surface area contributed by atoms with Gasteiger partial charge >= 0.3 is 0 Å². The van der Waals surface area contributed by atoms with Crippen LogP contribution in [0.2, 0.25) is 0 Å². The fraction of sp³-hybridized carbons (Fsp3) is 0.500. The summed E-state index contributed by atoms with van der Waals surface area (Å²) in [5.74, 6) is 0.589. The van der Waals surface area contributed by atoms with E-state index in [9.17, 15) is 4.39 Å². The van der Waals surface area contributed by atoms with Crippen LogP contribution in [0.5, 0.6) is 0 Å². The summed E-state index contributed by atoms with van der Waals surface area (Å²) in [6, 6.07) is 7.11. The summed E-state index contributed by atoms with van der Waals surface area (Å²) in [5, 5.41) is 0. The van der Waals surface area contributed by atoms with Crippen molar-refractivity contribution in [2.75, 3.05) is 0 Å². The van der Waals surface area contributed by atoms with Crippen LogP contribution in [-0.2, 0) is 6.42 Å². The standard InChI is InChI=1S/C12H16FN/c13-11-3-1-2-9(8-11)4-7-12(14)10-5-6-10/h1-3,8,10,12H,4-7,14H2. The largest absolute Gasteiger partial charge is 0.327 e. The molecule has 0 amide bonds. The molecule has 1 atom stereocenters. The summed E-state index contributed by atoms with van der Waals surface area (Å²) in [7, 11) is 0. The van der Waals surface area contributed by atoms with Crippen molar-refractivity contribution in [1.29, 1.82) is 0 Å². The number of halogens is 1. The smallest absolute Gasteiger partial charge is 0.123 e. The number of hydrogen-bond acceptors (Lipinski definition) is 1. The van der Waals surface area contributed by atoms with Crippen molar-refractivity contribution < 1.29 is 4.39 Å². The second kappa shape index (κ2) is 4.09. The zero-order valence-electron chi connectivity index (χ0n) is 8.25. The third-order valence-electron chi connectivity index (χ3n) is 2.88. The normalized spacial score (nSPS) is 18.1. The van der Waals surface area contributed by atoms with Crippen molar-refractivity contribution in [3.63, 3.8) is 0 Å². The first-order chi connectivity index (χ1) is 6.75. The predicted molar refractivity (Wildman–Crippen MR) is 55.4 cm³/mol. The third-order valence-corrected chi connectivity index (χ3v) is 2.88. The molecule has 0 aromatic heterocycles. The van der Waals surface area contributed by atoms with Gasteiger partial charge in [0.15, 0.2) is 0 Å². The van der Waals surface area contributed by atoms with Gasteiger partial charge < -0.3 is 5.73 Å². The lowest BCUT2D eigenvalue weighted by atomic mass is 10.0. The Bertz CT molecular complexity index is 307. The molecule has 0 aliphatic heterocycles. The second-order valence-electron chi connectivity index (χ2n) is 4.17. The Morgan fingerprint density at radius 3 is 2.86 bits per heavy atom. The number of nitrogens with two attached hydrogens (primary N) is 1. The molecule has 2 heteroatoms. The maximum absolute atomic E-state index is 12.8. The Labute approximate surface area is 84.1 Å². The highest BCUT2D eigenvalue weighted by molar-refractivity contribution is 5.16. The Morgan fingerprint density at radius 2 is 2.21 bits per heavy atom. The summed E-state index contributed by atoms with van der Waals surface area (Å²) in [5.41, 5.74) is 7.03. The molecule has 0 spiro atoms. The average Bonchev–Trinajstić information content (AvgIpc) is 2.97. The first-order valence-electron chi connectivity index (χ1n) is 5.26. The van der Waals surface area contributed by atoms with Gasteiger partial charge in [0.25, 0.3) is 0 Å². The molecule has 1 aliphatic carbocycles. The summed E-state index contributed by atoms with van der Waals surface area (Å²) in [6.45, 7) is 0. The Morgan fingerprint density at radius 1 is 1.43 bits per heavy atom. The zero-order chi connectivity index (χ0) is 9.97. The van der Waals surface area contributed by atoms with Gasteiger partial charge in [-0.1, -0.05) is 12.1 Å². The van der Waals surface area contributed by atoms with Crippen LogP contribution in [0, 0.1) is 11.7 Å². The van der Waals surface area contributed by atoms with Crippen LogP contribution in [0.3, 0.4) is 0 Å². The molecule has 0 bridgehead atoms. The highest BCUT2D eigenvalue weighted by Gasteiger charge is 2.27. The van der Waals surface area contributed by atoms with E-state index in [-0.39, 0.29) is 5.82 Å². The maximum atomic E-state index is 12.8. The van der Waals surface area contributed by atoms with Crippen LogP contribution < -0.4 is 5.73 Å². The van der Waals surface area contributed by atoms with Gasteiger partial charge in [0.1, 0.15) is 5.82 Å². The van der Waals surface area contributed by atoms with Crippen molar-refractivity contribution in [2.24, 2.45) is 11.7 Å². The number of hydrogen-bond donors (Lipinski definition) is 1. The SMILES string of the molecule is NC(CCc1cccc(F)c1)C1CC1. The van der Waals surface area contributed by atoms with Crippen LogP contribution in [0.1, 0.15) is 24.8 Å². The van der Waals surface area contributed by atoms with Crippen LogP contribution in [0.4, 0.5) is 4.39 Å². The lowest BCUT2D eigenvalue weighted by Crippen LogP contribution is -2.22. The van der Waals surface area contributed by atoms with Crippen molar-refractivity contribution in [3.05, 3.63) is 35.6 Å². The topological polar surface area (TPSA) is 26.0 Å². The fourth-order valence-electron chi connectivity index (χ4n) is 1.79. The maximum Gasteiger partial charge on any atom is 0.123 e. The van der Waals surface area contributed by atoms with Crippen LogP contribution in [0.25, 0.3) is 0 Å². The molecule has 0 heterocycles. The van der Waals surface area contributed by atoms with E-state index in [0.717, 1.165) is 24.3 Å². The quantitative estimate of drug-likeness (QED) is 0.781. The van der Waals surface area contributed by atoms with Crippen molar-refractivity contribution in [3.8, 4) is 0 Å². The van der Waals surface area contributed by atoms with Gasteiger partial charge in [0.05, 0.1) is 0 Å². The molecule has 1 aromatic rings. The number of rotatable bonds is 4. The molecule has 1 aliphatic rings. The molecular formula is C12H16FN. The minimum absolute atomic E-state index is 0.150. The van der Waals surface area contributed by atoms with E-state index in [1.807, 2.05) is 6.07 Å². The van der Waals surface area contributed by atoms with Crippen molar-refractivity contribution >= 4 is 0 Å². The average molecular weight is 193 g/mol. The lowest BCUT2D eigenvalue weighted by Gasteiger charge is -2.09. The summed E-state index contributed by atoms with van der Waals surface area (Å²) in [6.07, 6.45) is 4.44. The van der Waals surface area contributed by atoms with E-state index in [1.165, 1.54) is 18.9 Å². The van der Waals surface area contributed by atoms with E-state index in [4.69, 9.17) is 5.73 Å². The Kier molecular flexibility index (Phi) is 2.82. The van der Waals surface area contributed by atoms with Gasteiger partial charge in [0.2, 0.25) is 0 Å². The van der Waals surface area contributed by atoms with Crippen molar-refractivity contribution in [2.45, 2.75) is 31.7 Å². The van der Waals surface area contributed by atoms with Crippen molar-refractivity contribution in [1.82, 2.24) is 0 Å². The number of aryl methyl sites for hydroxylation is 1. The third kappa shape index (κ3) is 2.55. The van der Waals surface area contributed by atoms with Gasteiger partial charge in [-0.2, -0.15) is 0 Å². The lowest BCUT2D eigenvalue weighted by molar-refractivity contribution is 0.548. The van der Waals surface area contributed by atoms with Gasteiger partial charge in [0, 0.05) is 6.04 Å². The molecule has 1 aromatic carbocycles. The monoisotopic (exact) mass is 193 g/mol. The van der Waals surface area contributed by atoms with Crippen LogP contribution >= 0.6 is 0 Å². The summed E-state index contributed by atoms with van der Waals surface area (Å²) >= 11 is 0. The van der Waals surface area contributed by atoms with E-state index in [1.54, 1.807) is 12.1 Å². The van der Waals surface area contributed by atoms with Crippen LogP contribution in [-0.4, -0.2) is 6.04 Å². The number of benzene rings is 1. The first-order valence-corrected chi connectivity index (χ1v) is 5.26. The fourth-order valence-corrected chi connectivity index (χ4v) is 1.79. The molecule has 1 nitrogen and oxygen atoms in total. The minimum atomic E-state index is -0.150. The zero-order valence-corrected chi connectivity index (χ0v) is 8.25. The van der Waals surface area contributed by atoms with Crippen LogP contribution in [0.15, 0.2) is 24.3 Å². The van der Waals surface area contributed by atoms with E-state index >= 15 is 0 Å².